The first-order valence-corrected chi connectivity index (χ1v) is 26.4. The third kappa shape index (κ3) is 12.7. The van der Waals surface area contributed by atoms with Gasteiger partial charge in [0.2, 0.25) is 11.8 Å². The number of nitrogens with zero attached hydrogens (tertiary/aromatic N) is 10. The second-order valence-corrected chi connectivity index (χ2v) is 19.7. The number of urea groups is 2. The fourth-order valence-electron chi connectivity index (χ4n) is 10.6. The van der Waals surface area contributed by atoms with Crippen LogP contribution in [0, 0.1) is 22.7 Å². The normalized spacial score (nSPS) is 18.6. The topological polar surface area (TPSA) is 194 Å². The molecule has 430 valence electrons. The standard InChI is InChI=1S/C58H58F6N10O8/c1-5-81-53(77)49-37(3)73(45-11-7-9-43(31-45)57(59,60)61)55(79)71(51(49)41-17-13-39(33-65)14-18-41)35-47(75)69-27-23-67(24-28-69)21-22-68-25-29-70(30-26-68)48(76)36-72-52(42-19-15-40(34-66)16-20-42)50(54(78)82-6-2)38(4)74(56(72)80)46-12-8-10-44(32-46)58(62,63)64/h7-20,31-32,51-52H,5-6,21-30,35-36H2,1-4H3/t51-,52-/m1/s1. The van der Waals surface area contributed by atoms with Gasteiger partial charge in [-0.3, -0.25) is 29.2 Å². The average molecular weight is 1140 g/mol. The summed E-state index contributed by atoms with van der Waals surface area (Å²) in [5.41, 5.74) is -1.36. The summed E-state index contributed by atoms with van der Waals surface area (Å²) in [7, 11) is 0. The van der Waals surface area contributed by atoms with E-state index in [2.05, 4.69) is 9.80 Å². The Morgan fingerprint density at radius 2 is 0.878 bits per heavy atom. The lowest BCUT2D eigenvalue weighted by Crippen LogP contribution is -2.57. The van der Waals surface area contributed by atoms with E-state index in [0.717, 1.165) is 56.0 Å². The van der Waals surface area contributed by atoms with Gasteiger partial charge in [0.05, 0.1) is 82.2 Å². The molecule has 0 unspecified atom stereocenters. The molecular weight excluding hydrogens is 1080 g/mol. The number of alkyl halides is 6. The number of allylic oxidation sites excluding steroid dienone is 2. The minimum Gasteiger partial charge on any atom is -0.463 e. The van der Waals surface area contributed by atoms with Crippen molar-refractivity contribution in [2.45, 2.75) is 52.1 Å². The van der Waals surface area contributed by atoms with Crippen LogP contribution in [-0.2, 0) is 41.0 Å². The van der Waals surface area contributed by atoms with Crippen molar-refractivity contribution in [1.82, 2.24) is 29.4 Å². The lowest BCUT2D eigenvalue weighted by molar-refractivity contribution is -0.140. The molecule has 4 aromatic carbocycles. The van der Waals surface area contributed by atoms with Gasteiger partial charge in [-0.2, -0.15) is 36.9 Å². The Bertz CT molecular complexity index is 3030. The monoisotopic (exact) mass is 1140 g/mol. The van der Waals surface area contributed by atoms with Gasteiger partial charge in [0.1, 0.15) is 13.1 Å². The van der Waals surface area contributed by atoms with Crippen LogP contribution >= 0.6 is 0 Å². The van der Waals surface area contributed by atoms with E-state index in [-0.39, 0.29) is 84.4 Å². The Balaban J connectivity index is 0.929. The van der Waals surface area contributed by atoms with Gasteiger partial charge >= 0.3 is 36.4 Å². The first-order valence-electron chi connectivity index (χ1n) is 26.4. The Morgan fingerprint density at radius 1 is 0.537 bits per heavy atom. The van der Waals surface area contributed by atoms with Crippen LogP contribution in [0.1, 0.15) is 73.2 Å². The number of benzene rings is 4. The van der Waals surface area contributed by atoms with Crippen molar-refractivity contribution in [2.24, 2.45) is 0 Å². The minimum atomic E-state index is -4.76. The molecule has 4 aliphatic rings. The summed E-state index contributed by atoms with van der Waals surface area (Å²) in [6.45, 7) is 8.57. The predicted molar refractivity (Wildman–Crippen MR) is 285 cm³/mol. The number of hydrogen-bond donors (Lipinski definition) is 0. The van der Waals surface area contributed by atoms with Crippen molar-refractivity contribution in [3.8, 4) is 12.1 Å². The molecule has 0 aromatic heterocycles. The molecular formula is C58H58F6N10O8. The lowest BCUT2D eigenvalue weighted by atomic mass is 9.92. The quantitative estimate of drug-likeness (QED) is 0.0822. The molecule has 6 amide bonds. The van der Waals surface area contributed by atoms with Crippen molar-refractivity contribution in [3.05, 3.63) is 153 Å². The van der Waals surface area contributed by atoms with Crippen LogP contribution in [0.3, 0.4) is 0 Å². The second kappa shape index (κ2) is 25.0. The number of piperazine rings is 2. The molecule has 18 nitrogen and oxygen atoms in total. The lowest BCUT2D eigenvalue weighted by Gasteiger charge is -2.44. The van der Waals surface area contributed by atoms with Crippen molar-refractivity contribution in [1.29, 1.82) is 10.5 Å². The molecule has 4 heterocycles. The van der Waals surface area contributed by atoms with Crippen LogP contribution in [0.4, 0.5) is 47.3 Å². The van der Waals surface area contributed by atoms with Crippen LogP contribution in [0.15, 0.2) is 120 Å². The maximum absolute atomic E-state index is 14.7. The first-order chi connectivity index (χ1) is 39.1. The van der Waals surface area contributed by atoms with Gasteiger partial charge < -0.3 is 29.1 Å². The molecule has 0 saturated carbocycles. The SMILES string of the molecule is CCOC(=O)C1=C(C)N(c2cccc(C(F)(F)F)c2)C(=O)N(CC(=O)N2CCN(CCN3CCN(C(=O)CN4C(=O)N(c5cccc(C(F)(F)F)c5)C(C)=C(C(=O)OCC)[C@H]4c4ccc(C#N)cc4)CC3)CC2)[C@@H]1c1ccc(C#N)cc1. The molecule has 0 N–H and O–H groups in total. The van der Waals surface area contributed by atoms with E-state index in [9.17, 15) is 65.6 Å². The molecule has 4 aromatic rings. The van der Waals surface area contributed by atoms with Crippen molar-refractivity contribution >= 4 is 47.2 Å². The zero-order chi connectivity index (χ0) is 59.2. The number of esters is 2. The molecule has 8 rings (SSSR count). The number of hydrogen-bond acceptors (Lipinski definition) is 12. The second-order valence-electron chi connectivity index (χ2n) is 19.7. The van der Waals surface area contributed by atoms with Crippen molar-refractivity contribution in [2.75, 3.05) is 102 Å². The summed E-state index contributed by atoms with van der Waals surface area (Å²) in [6.07, 6.45) is -9.52. The van der Waals surface area contributed by atoms with E-state index in [0.29, 0.717) is 50.4 Å². The van der Waals surface area contributed by atoms with Gasteiger partial charge in [-0.15, -0.1) is 0 Å². The number of carbonyl (C=O) groups is 6. The molecule has 4 aliphatic heterocycles. The summed E-state index contributed by atoms with van der Waals surface area (Å²) < 4.78 is 94.7. The number of amides is 6. The molecule has 2 fully saturated rings. The molecule has 82 heavy (non-hydrogen) atoms. The molecule has 0 spiro atoms. The number of rotatable bonds is 15. The first kappa shape index (κ1) is 59.4. The summed E-state index contributed by atoms with van der Waals surface area (Å²) in [5, 5.41) is 19.0. The van der Waals surface area contributed by atoms with Crippen LogP contribution in [0.2, 0.25) is 0 Å². The Morgan fingerprint density at radius 3 is 1.18 bits per heavy atom. The van der Waals surface area contributed by atoms with E-state index in [4.69, 9.17) is 9.47 Å². The zero-order valence-corrected chi connectivity index (χ0v) is 45.3. The number of ether oxygens (including phenoxy) is 2. The summed E-state index contributed by atoms with van der Waals surface area (Å²) in [4.78, 5) is 97.3. The van der Waals surface area contributed by atoms with Gasteiger partial charge in [0, 0.05) is 76.8 Å². The van der Waals surface area contributed by atoms with E-state index < -0.39 is 84.5 Å². The molecule has 0 bridgehead atoms. The van der Waals surface area contributed by atoms with Crippen molar-refractivity contribution in [3.63, 3.8) is 0 Å². The summed E-state index contributed by atoms with van der Waals surface area (Å²) in [5.74, 6) is -2.68. The smallest absolute Gasteiger partial charge is 0.416 e. The summed E-state index contributed by atoms with van der Waals surface area (Å²) in [6, 6.07) is 20.1. The van der Waals surface area contributed by atoms with Gasteiger partial charge in [-0.05, 0) is 99.5 Å². The molecule has 0 radical (unpaired) electrons. The minimum absolute atomic E-state index is 0.00383. The van der Waals surface area contributed by atoms with E-state index >= 15 is 0 Å². The van der Waals surface area contributed by atoms with E-state index in [1.54, 1.807) is 23.6 Å². The number of carbonyl (C=O) groups excluding carboxylic acids is 6. The van der Waals surface area contributed by atoms with Crippen LogP contribution < -0.4 is 9.80 Å². The maximum Gasteiger partial charge on any atom is 0.416 e. The fraction of sp³-hybridized carbons (Fsp3) is 0.379. The number of anilines is 2. The largest absolute Gasteiger partial charge is 0.463 e. The Labute approximate surface area is 469 Å². The molecule has 2 saturated heterocycles. The van der Waals surface area contributed by atoms with E-state index in [1.807, 2.05) is 12.1 Å². The van der Waals surface area contributed by atoms with Gasteiger partial charge in [-0.25, -0.2) is 19.2 Å². The predicted octanol–water partition coefficient (Wildman–Crippen LogP) is 8.10. The molecule has 0 aliphatic carbocycles. The summed E-state index contributed by atoms with van der Waals surface area (Å²) >= 11 is 0. The fourth-order valence-corrected chi connectivity index (χ4v) is 10.6. The zero-order valence-electron chi connectivity index (χ0n) is 45.3. The molecule has 24 heteroatoms. The third-order valence-electron chi connectivity index (χ3n) is 14.9. The number of halogens is 6. The van der Waals surface area contributed by atoms with E-state index in [1.165, 1.54) is 74.5 Å². The van der Waals surface area contributed by atoms with Crippen LogP contribution in [-0.4, -0.2) is 157 Å². The van der Waals surface area contributed by atoms with Gasteiger partial charge in [0.15, 0.2) is 0 Å². The highest BCUT2D eigenvalue weighted by Gasteiger charge is 2.47. The van der Waals surface area contributed by atoms with Crippen LogP contribution in [0.25, 0.3) is 0 Å². The Kier molecular flexibility index (Phi) is 18.1. The third-order valence-corrected chi connectivity index (χ3v) is 14.9. The molecule has 2 atom stereocenters. The average Bonchev–Trinajstić information content (AvgIpc) is 1.72. The maximum atomic E-state index is 14.7. The van der Waals surface area contributed by atoms with Crippen molar-refractivity contribution < 1.29 is 64.6 Å². The highest BCUT2D eigenvalue weighted by molar-refractivity contribution is 6.06. The Hall–Kier alpha value is -8.74. The number of nitriles is 2. The van der Waals surface area contributed by atoms with Gasteiger partial charge in [-0.1, -0.05) is 36.4 Å². The highest BCUT2D eigenvalue weighted by Crippen LogP contribution is 2.44. The van der Waals surface area contributed by atoms with Crippen LogP contribution in [0.5, 0.6) is 0 Å². The highest BCUT2D eigenvalue weighted by atomic mass is 19.4. The van der Waals surface area contributed by atoms with Gasteiger partial charge in [0.25, 0.3) is 0 Å².